The van der Waals surface area contributed by atoms with E-state index in [0.29, 0.717) is 17.8 Å². The van der Waals surface area contributed by atoms with Crippen molar-refractivity contribution in [2.24, 2.45) is 5.92 Å². The maximum absolute atomic E-state index is 5.99. The van der Waals surface area contributed by atoms with Gasteiger partial charge in [-0.3, -0.25) is 0 Å². The molecule has 3 heteroatoms. The van der Waals surface area contributed by atoms with Crippen molar-refractivity contribution < 1.29 is 0 Å². The number of rotatable bonds is 6. The molecule has 100 valence electrons. The molecule has 1 aliphatic rings. The predicted octanol–water partition coefficient (Wildman–Crippen LogP) is 4.01. The number of anilines is 1. The highest BCUT2D eigenvalue weighted by Gasteiger charge is 2.30. The zero-order chi connectivity index (χ0) is 13.1. The Bertz CT molecular complexity index is 377. The van der Waals surface area contributed by atoms with Gasteiger partial charge in [-0.2, -0.15) is 0 Å². The molecule has 0 radical (unpaired) electrons. The number of hydrogen-bond donors (Lipinski definition) is 0. The molecule has 1 aromatic heterocycles. The molecule has 2 rings (SSSR count). The second-order valence-corrected chi connectivity index (χ2v) is 5.86. The van der Waals surface area contributed by atoms with E-state index in [1.807, 2.05) is 0 Å². The van der Waals surface area contributed by atoms with Crippen molar-refractivity contribution >= 4 is 17.4 Å². The SMILES string of the molecule is CCc1cc(CCl)cc(N(CC(C)C)C2CC2)n1. The van der Waals surface area contributed by atoms with Crippen LogP contribution in [0.15, 0.2) is 12.1 Å². The Morgan fingerprint density at radius 2 is 2.11 bits per heavy atom. The molecule has 2 nitrogen and oxygen atoms in total. The molecule has 0 spiro atoms. The molecule has 0 bridgehead atoms. The van der Waals surface area contributed by atoms with Gasteiger partial charge in [0.2, 0.25) is 0 Å². The van der Waals surface area contributed by atoms with Crippen LogP contribution < -0.4 is 4.90 Å². The van der Waals surface area contributed by atoms with E-state index in [2.05, 4.69) is 37.8 Å². The summed E-state index contributed by atoms with van der Waals surface area (Å²) in [4.78, 5) is 7.25. The van der Waals surface area contributed by atoms with Gasteiger partial charge < -0.3 is 4.90 Å². The van der Waals surface area contributed by atoms with Crippen LogP contribution in [0.2, 0.25) is 0 Å². The Hall–Kier alpha value is -0.760. The van der Waals surface area contributed by atoms with E-state index in [0.717, 1.165) is 24.5 Å². The fourth-order valence-corrected chi connectivity index (χ4v) is 2.40. The summed E-state index contributed by atoms with van der Waals surface area (Å²) >= 11 is 5.99. The summed E-state index contributed by atoms with van der Waals surface area (Å²) in [5.41, 5.74) is 2.34. The standard InChI is InChI=1S/C15H23ClN2/c1-4-13-7-12(9-16)8-15(17-13)18(10-11(2)3)14-5-6-14/h7-8,11,14H,4-6,9-10H2,1-3H3. The Morgan fingerprint density at radius 1 is 1.39 bits per heavy atom. The Morgan fingerprint density at radius 3 is 2.61 bits per heavy atom. The second-order valence-electron chi connectivity index (χ2n) is 5.59. The van der Waals surface area contributed by atoms with E-state index in [-0.39, 0.29) is 0 Å². The number of nitrogens with zero attached hydrogens (tertiary/aromatic N) is 2. The third-order valence-corrected chi connectivity index (χ3v) is 3.59. The summed E-state index contributed by atoms with van der Waals surface area (Å²) in [6.07, 6.45) is 3.58. The van der Waals surface area contributed by atoms with Crippen molar-refractivity contribution in [3.05, 3.63) is 23.4 Å². The van der Waals surface area contributed by atoms with Crippen LogP contribution in [-0.4, -0.2) is 17.6 Å². The van der Waals surface area contributed by atoms with Gasteiger partial charge in [0, 0.05) is 24.2 Å². The minimum atomic E-state index is 0.572. The van der Waals surface area contributed by atoms with E-state index in [1.54, 1.807) is 0 Å². The van der Waals surface area contributed by atoms with Crippen LogP contribution in [0.25, 0.3) is 0 Å². The first-order chi connectivity index (χ1) is 8.63. The van der Waals surface area contributed by atoms with Crippen LogP contribution in [0.1, 0.15) is 44.9 Å². The van der Waals surface area contributed by atoms with Crippen LogP contribution in [0.5, 0.6) is 0 Å². The molecule has 1 aliphatic carbocycles. The maximum atomic E-state index is 5.99. The summed E-state index contributed by atoms with van der Waals surface area (Å²) in [6.45, 7) is 7.77. The molecule has 0 aromatic carbocycles. The lowest BCUT2D eigenvalue weighted by Crippen LogP contribution is -2.30. The number of aromatic nitrogens is 1. The molecule has 0 unspecified atom stereocenters. The lowest BCUT2D eigenvalue weighted by atomic mass is 10.1. The highest BCUT2D eigenvalue weighted by atomic mass is 35.5. The molecule has 0 aliphatic heterocycles. The van der Waals surface area contributed by atoms with E-state index in [4.69, 9.17) is 16.6 Å². The molecular formula is C15H23ClN2. The minimum absolute atomic E-state index is 0.572. The first kappa shape index (κ1) is 13.7. The van der Waals surface area contributed by atoms with Gasteiger partial charge >= 0.3 is 0 Å². The van der Waals surface area contributed by atoms with Gasteiger partial charge in [0.1, 0.15) is 5.82 Å². The maximum Gasteiger partial charge on any atom is 0.129 e. The van der Waals surface area contributed by atoms with Gasteiger partial charge in [-0.15, -0.1) is 11.6 Å². The Labute approximate surface area is 115 Å². The molecule has 0 saturated heterocycles. The number of pyridine rings is 1. The Balaban J connectivity index is 2.27. The van der Waals surface area contributed by atoms with Crippen molar-refractivity contribution in [1.82, 2.24) is 4.98 Å². The third kappa shape index (κ3) is 3.38. The first-order valence-corrected chi connectivity index (χ1v) is 7.50. The fraction of sp³-hybridized carbons (Fsp3) is 0.667. The van der Waals surface area contributed by atoms with Gasteiger partial charge in [-0.1, -0.05) is 20.8 Å². The van der Waals surface area contributed by atoms with Gasteiger partial charge in [0.15, 0.2) is 0 Å². The highest BCUT2D eigenvalue weighted by molar-refractivity contribution is 6.17. The van der Waals surface area contributed by atoms with Gasteiger partial charge in [-0.25, -0.2) is 4.98 Å². The molecule has 1 heterocycles. The van der Waals surface area contributed by atoms with Crippen LogP contribution >= 0.6 is 11.6 Å². The largest absolute Gasteiger partial charge is 0.353 e. The number of hydrogen-bond acceptors (Lipinski definition) is 2. The van der Waals surface area contributed by atoms with Gasteiger partial charge in [0.25, 0.3) is 0 Å². The summed E-state index contributed by atoms with van der Waals surface area (Å²) in [7, 11) is 0. The molecule has 0 amide bonds. The summed E-state index contributed by atoms with van der Waals surface area (Å²) in [6, 6.07) is 4.99. The molecule has 0 N–H and O–H groups in total. The van der Waals surface area contributed by atoms with Gasteiger partial charge in [-0.05, 0) is 42.9 Å². The molecule has 1 aromatic rings. The van der Waals surface area contributed by atoms with Crippen molar-refractivity contribution in [3.8, 4) is 0 Å². The monoisotopic (exact) mass is 266 g/mol. The average Bonchev–Trinajstić information content (AvgIpc) is 3.19. The van der Waals surface area contributed by atoms with Crippen LogP contribution in [0, 0.1) is 5.92 Å². The van der Waals surface area contributed by atoms with Crippen LogP contribution in [0.3, 0.4) is 0 Å². The summed E-state index contributed by atoms with van der Waals surface area (Å²) < 4.78 is 0. The van der Waals surface area contributed by atoms with Gasteiger partial charge in [0.05, 0.1) is 0 Å². The zero-order valence-electron chi connectivity index (χ0n) is 11.6. The van der Waals surface area contributed by atoms with Crippen molar-refractivity contribution in [2.75, 3.05) is 11.4 Å². The molecule has 1 fully saturated rings. The molecule has 18 heavy (non-hydrogen) atoms. The van der Waals surface area contributed by atoms with E-state index in [9.17, 15) is 0 Å². The lowest BCUT2D eigenvalue weighted by Gasteiger charge is -2.26. The number of halogens is 1. The zero-order valence-corrected chi connectivity index (χ0v) is 12.4. The minimum Gasteiger partial charge on any atom is -0.353 e. The predicted molar refractivity (Wildman–Crippen MR) is 78.4 cm³/mol. The normalized spacial score (nSPS) is 15.2. The fourth-order valence-electron chi connectivity index (χ4n) is 2.25. The molecule has 0 atom stereocenters. The summed E-state index contributed by atoms with van der Waals surface area (Å²) in [5, 5.41) is 0. The number of aryl methyl sites for hydroxylation is 1. The van der Waals surface area contributed by atoms with Crippen LogP contribution in [0.4, 0.5) is 5.82 Å². The highest BCUT2D eigenvalue weighted by Crippen LogP contribution is 2.32. The lowest BCUT2D eigenvalue weighted by molar-refractivity contribution is 0.602. The van der Waals surface area contributed by atoms with Crippen molar-refractivity contribution in [2.45, 2.75) is 52.0 Å². The quantitative estimate of drug-likeness (QED) is 0.724. The van der Waals surface area contributed by atoms with Crippen molar-refractivity contribution in [3.63, 3.8) is 0 Å². The third-order valence-electron chi connectivity index (χ3n) is 3.28. The number of alkyl halides is 1. The van der Waals surface area contributed by atoms with E-state index in [1.165, 1.54) is 18.4 Å². The molecule has 1 saturated carbocycles. The summed E-state index contributed by atoms with van der Waals surface area (Å²) in [5.74, 6) is 2.36. The average molecular weight is 267 g/mol. The van der Waals surface area contributed by atoms with E-state index < -0.39 is 0 Å². The molecular weight excluding hydrogens is 244 g/mol. The first-order valence-electron chi connectivity index (χ1n) is 6.96. The van der Waals surface area contributed by atoms with Crippen molar-refractivity contribution in [1.29, 1.82) is 0 Å². The Kier molecular flexibility index (Phi) is 4.50. The van der Waals surface area contributed by atoms with Crippen LogP contribution in [-0.2, 0) is 12.3 Å². The topological polar surface area (TPSA) is 16.1 Å². The smallest absolute Gasteiger partial charge is 0.129 e. The second kappa shape index (κ2) is 5.92. The van der Waals surface area contributed by atoms with E-state index >= 15 is 0 Å².